The molecule has 0 radical (unpaired) electrons. The molecule has 0 aromatic heterocycles. The molecule has 0 aromatic carbocycles. The van der Waals surface area contributed by atoms with Crippen LogP contribution >= 0.6 is 0 Å². The minimum absolute atomic E-state index is 0.0434. The molecule has 1 heterocycles. The molecule has 1 unspecified atom stereocenters. The van der Waals surface area contributed by atoms with E-state index in [0.29, 0.717) is 80.2 Å². The Morgan fingerprint density at radius 3 is 2.32 bits per heavy atom. The highest BCUT2D eigenvalue weighted by atomic mass is 32.2. The van der Waals surface area contributed by atoms with E-state index < -0.39 is 21.2 Å². The first-order valence-corrected chi connectivity index (χ1v) is 23.2. The maximum atomic E-state index is 12.4. The van der Waals surface area contributed by atoms with E-state index >= 15 is 0 Å². The van der Waals surface area contributed by atoms with Gasteiger partial charge < -0.3 is 20.1 Å². The number of ether oxygens (including phenoxy) is 1. The van der Waals surface area contributed by atoms with Gasteiger partial charge in [-0.25, -0.2) is 8.42 Å². The van der Waals surface area contributed by atoms with Crippen molar-refractivity contribution in [2.24, 2.45) is 56.7 Å². The number of nitrogens with one attached hydrogen (secondary N) is 1. The summed E-state index contributed by atoms with van der Waals surface area (Å²) >= 11 is 0. The third kappa shape index (κ3) is 6.29. The van der Waals surface area contributed by atoms with Crippen molar-refractivity contribution in [2.45, 2.75) is 131 Å². The standard InChI is InChI=1S/C45H72N2O5S/c1-9-52-30-44(39(48)49)19-12-32(13-20-44)34-15-17-41(6)36(40(34,4)5)16-18-43(8)37(41)11-10-35-38-33(31(2)3)14-21-45(38,23-22-42(35,43)7)46-24-25-47-26-28-53(50,51)29-27-47/h12,15,33,35-38,46H,2,9-11,13-14,16-30H2,1,3-8H3,(H,48,49)/t33-,35+,36-,37+,38+,41-,42+,43+,44?,45-/m0/s1. The number of carbonyl (C=O) groups is 1. The van der Waals surface area contributed by atoms with Crippen molar-refractivity contribution in [1.82, 2.24) is 10.2 Å². The highest BCUT2D eigenvalue weighted by Crippen LogP contribution is 2.76. The lowest BCUT2D eigenvalue weighted by molar-refractivity contribution is -0.221. The van der Waals surface area contributed by atoms with Crippen molar-refractivity contribution in [3.63, 3.8) is 0 Å². The fourth-order valence-corrected chi connectivity index (χ4v) is 16.1. The zero-order valence-electron chi connectivity index (χ0n) is 34.3. The summed E-state index contributed by atoms with van der Waals surface area (Å²) in [7, 11) is -2.86. The Kier molecular flexibility index (Phi) is 10.4. The number of aliphatic carboxylic acids is 1. The lowest BCUT2D eigenvalue weighted by Crippen LogP contribution is -2.68. The van der Waals surface area contributed by atoms with Crippen LogP contribution in [-0.2, 0) is 19.4 Å². The summed E-state index contributed by atoms with van der Waals surface area (Å²) in [4.78, 5) is 14.8. The molecule has 0 aromatic rings. The molecule has 0 amide bonds. The molecule has 8 heteroatoms. The second-order valence-corrected chi connectivity index (χ2v) is 22.8. The van der Waals surface area contributed by atoms with Crippen LogP contribution in [0.25, 0.3) is 0 Å². The largest absolute Gasteiger partial charge is 0.481 e. The topological polar surface area (TPSA) is 95.9 Å². The fourth-order valence-electron chi connectivity index (χ4n) is 14.9. The van der Waals surface area contributed by atoms with Crippen LogP contribution in [0.5, 0.6) is 0 Å². The van der Waals surface area contributed by atoms with E-state index in [4.69, 9.17) is 4.74 Å². The predicted molar refractivity (Wildman–Crippen MR) is 214 cm³/mol. The van der Waals surface area contributed by atoms with E-state index in [0.717, 1.165) is 25.9 Å². The Balaban J connectivity index is 1.12. The van der Waals surface area contributed by atoms with Gasteiger partial charge in [-0.1, -0.05) is 58.9 Å². The van der Waals surface area contributed by atoms with E-state index in [9.17, 15) is 18.3 Å². The minimum Gasteiger partial charge on any atom is -0.481 e. The number of fused-ring (bicyclic) bond motifs is 7. The fraction of sp³-hybridized carbons (Fsp3) is 0.844. The first-order chi connectivity index (χ1) is 24.9. The molecule has 2 N–H and O–H groups in total. The zero-order chi connectivity index (χ0) is 38.2. The highest BCUT2D eigenvalue weighted by Gasteiger charge is 2.70. The van der Waals surface area contributed by atoms with Gasteiger partial charge >= 0.3 is 5.97 Å². The minimum atomic E-state index is -2.86. The summed E-state index contributed by atoms with van der Waals surface area (Å²) in [5, 5.41) is 14.4. The Morgan fingerprint density at radius 2 is 1.68 bits per heavy atom. The van der Waals surface area contributed by atoms with Gasteiger partial charge in [-0.2, -0.15) is 0 Å². The van der Waals surface area contributed by atoms with Gasteiger partial charge in [0, 0.05) is 38.3 Å². The molecule has 1 saturated heterocycles. The van der Waals surface area contributed by atoms with Crippen LogP contribution in [0.1, 0.15) is 126 Å². The van der Waals surface area contributed by atoms with Crippen molar-refractivity contribution in [1.29, 1.82) is 0 Å². The number of rotatable bonds is 10. The lowest BCUT2D eigenvalue weighted by Gasteiger charge is -2.72. The molecule has 10 atom stereocenters. The molecule has 7 rings (SSSR count). The molecule has 7 nitrogen and oxygen atoms in total. The maximum absolute atomic E-state index is 12.4. The molecule has 0 spiro atoms. The van der Waals surface area contributed by atoms with E-state index in [-0.39, 0.29) is 27.2 Å². The highest BCUT2D eigenvalue weighted by molar-refractivity contribution is 7.91. The van der Waals surface area contributed by atoms with Crippen LogP contribution in [0, 0.1) is 56.7 Å². The molecule has 1 aliphatic heterocycles. The summed E-state index contributed by atoms with van der Waals surface area (Å²) in [5.74, 6) is 3.01. The Labute approximate surface area is 322 Å². The van der Waals surface area contributed by atoms with Crippen LogP contribution in [0.2, 0.25) is 0 Å². The molecule has 6 aliphatic carbocycles. The van der Waals surface area contributed by atoms with Crippen molar-refractivity contribution in [3.8, 4) is 0 Å². The predicted octanol–water partition coefficient (Wildman–Crippen LogP) is 8.47. The van der Waals surface area contributed by atoms with E-state index in [1.807, 2.05) is 6.92 Å². The SMILES string of the molecule is C=C(C)[C@@H]1CC[C@]2(NCCN3CCS(=O)(=O)CC3)CC[C@]3(C)[C@H](CC[C@@H]4[C@@]5(C)CC=C(C6=CCC(COCC)(C(=O)O)CC6)C(C)(C)[C@@H]5CC[C@]43C)[C@@H]12. The molecule has 5 fully saturated rings. The van der Waals surface area contributed by atoms with Crippen LogP contribution in [-0.4, -0.2) is 80.8 Å². The Bertz CT molecular complexity index is 1620. The van der Waals surface area contributed by atoms with E-state index in [1.54, 1.807) is 0 Å². The van der Waals surface area contributed by atoms with Gasteiger partial charge in [-0.05, 0) is 153 Å². The quantitative estimate of drug-likeness (QED) is 0.216. The van der Waals surface area contributed by atoms with Crippen LogP contribution < -0.4 is 5.32 Å². The monoisotopic (exact) mass is 753 g/mol. The summed E-state index contributed by atoms with van der Waals surface area (Å²) < 4.78 is 29.8. The molecule has 53 heavy (non-hydrogen) atoms. The summed E-state index contributed by atoms with van der Waals surface area (Å²) in [6, 6.07) is 0. The molecular weight excluding hydrogens is 681 g/mol. The number of hydrogen-bond acceptors (Lipinski definition) is 6. The van der Waals surface area contributed by atoms with Crippen molar-refractivity contribution >= 4 is 15.8 Å². The third-order valence-corrected chi connectivity index (χ3v) is 19.6. The number of carboxylic acid groups (broad SMARTS) is 1. The van der Waals surface area contributed by atoms with Crippen molar-refractivity contribution in [3.05, 3.63) is 35.5 Å². The van der Waals surface area contributed by atoms with Crippen molar-refractivity contribution < 1.29 is 23.1 Å². The van der Waals surface area contributed by atoms with E-state index in [2.05, 4.69) is 70.5 Å². The first-order valence-electron chi connectivity index (χ1n) is 21.4. The average molecular weight is 753 g/mol. The zero-order valence-corrected chi connectivity index (χ0v) is 35.1. The number of allylic oxidation sites excluding steroid dienone is 5. The number of sulfone groups is 1. The smallest absolute Gasteiger partial charge is 0.312 e. The summed E-state index contributed by atoms with van der Waals surface area (Å²) in [6.45, 7) is 26.0. The average Bonchev–Trinajstić information content (AvgIpc) is 3.48. The second kappa shape index (κ2) is 13.9. The van der Waals surface area contributed by atoms with Gasteiger partial charge in [0.25, 0.3) is 0 Å². The molecule has 7 aliphatic rings. The maximum Gasteiger partial charge on any atom is 0.312 e. The Morgan fingerprint density at radius 1 is 0.943 bits per heavy atom. The van der Waals surface area contributed by atoms with Gasteiger partial charge in [0.15, 0.2) is 9.84 Å². The second-order valence-electron chi connectivity index (χ2n) is 20.5. The summed E-state index contributed by atoms with van der Waals surface area (Å²) in [5.41, 5.74) is 4.44. The van der Waals surface area contributed by atoms with Gasteiger partial charge in [0.05, 0.1) is 23.5 Å². The Hall–Kier alpha value is -1.48. The normalized spacial score (nSPS) is 44.8. The third-order valence-electron chi connectivity index (χ3n) is 18.0. The number of hydrogen-bond donors (Lipinski definition) is 2. The molecule has 0 bridgehead atoms. The van der Waals surface area contributed by atoms with Gasteiger partial charge in [0.1, 0.15) is 0 Å². The lowest BCUT2D eigenvalue weighted by atomic mass is 9.33. The van der Waals surface area contributed by atoms with Crippen LogP contribution in [0.4, 0.5) is 0 Å². The van der Waals surface area contributed by atoms with Crippen LogP contribution in [0.3, 0.4) is 0 Å². The van der Waals surface area contributed by atoms with Gasteiger partial charge in [0.2, 0.25) is 0 Å². The first kappa shape index (κ1) is 39.7. The van der Waals surface area contributed by atoms with Crippen molar-refractivity contribution in [2.75, 3.05) is 50.9 Å². The molecular formula is C45H72N2O5S. The number of nitrogens with zero attached hydrogens (tertiary/aromatic N) is 1. The summed E-state index contributed by atoms with van der Waals surface area (Å²) in [6.07, 6.45) is 18.2. The number of carboxylic acids is 1. The van der Waals surface area contributed by atoms with Gasteiger partial charge in [-0.15, -0.1) is 0 Å². The molecule has 298 valence electrons. The van der Waals surface area contributed by atoms with E-state index in [1.165, 1.54) is 68.1 Å². The van der Waals surface area contributed by atoms with Crippen LogP contribution in [0.15, 0.2) is 35.5 Å². The molecule has 4 saturated carbocycles. The van der Waals surface area contributed by atoms with Gasteiger partial charge in [-0.3, -0.25) is 4.79 Å².